The van der Waals surface area contributed by atoms with Crippen molar-refractivity contribution in [1.29, 1.82) is 0 Å². The molecule has 0 fully saturated rings. The Labute approximate surface area is 88.6 Å². The largest absolute Gasteiger partial charge is 0.481 e. The second kappa shape index (κ2) is 6.03. The summed E-state index contributed by atoms with van der Waals surface area (Å²) in [7, 11) is 0. The monoisotopic (exact) mass is 209 g/mol. The van der Waals surface area contributed by atoms with Crippen LogP contribution < -0.4 is 5.32 Å². The molecule has 0 atom stereocenters. The summed E-state index contributed by atoms with van der Waals surface area (Å²) >= 11 is 0. The Morgan fingerprint density at radius 2 is 1.93 bits per heavy atom. The van der Waals surface area contributed by atoms with Crippen LogP contribution in [-0.2, 0) is 11.2 Å². The molecule has 3 N–H and O–H groups in total. The van der Waals surface area contributed by atoms with Crippen LogP contribution in [-0.4, -0.2) is 29.3 Å². The highest BCUT2D eigenvalue weighted by Crippen LogP contribution is 2.09. The van der Waals surface area contributed by atoms with Gasteiger partial charge in [0.15, 0.2) is 0 Å². The highest BCUT2D eigenvalue weighted by Gasteiger charge is 1.99. The first kappa shape index (κ1) is 11.5. The van der Waals surface area contributed by atoms with E-state index in [1.54, 1.807) is 12.1 Å². The maximum atomic E-state index is 10.4. The Morgan fingerprint density at radius 1 is 1.27 bits per heavy atom. The lowest BCUT2D eigenvalue weighted by Gasteiger charge is -2.05. The van der Waals surface area contributed by atoms with Crippen LogP contribution in [0.1, 0.15) is 12.0 Å². The van der Waals surface area contributed by atoms with Crippen LogP contribution in [0, 0.1) is 0 Å². The molecule has 0 bridgehead atoms. The maximum Gasteiger partial charge on any atom is 0.307 e. The van der Waals surface area contributed by atoms with Crippen LogP contribution in [0.15, 0.2) is 24.3 Å². The summed E-state index contributed by atoms with van der Waals surface area (Å²) in [5.41, 5.74) is 1.73. The van der Waals surface area contributed by atoms with Crippen molar-refractivity contribution in [3.63, 3.8) is 0 Å². The number of rotatable bonds is 6. The van der Waals surface area contributed by atoms with Crippen molar-refractivity contribution in [3.05, 3.63) is 29.8 Å². The van der Waals surface area contributed by atoms with Gasteiger partial charge in [0.05, 0.1) is 6.42 Å². The normalized spacial score (nSPS) is 9.93. The van der Waals surface area contributed by atoms with Gasteiger partial charge >= 0.3 is 5.97 Å². The van der Waals surface area contributed by atoms with E-state index in [1.807, 2.05) is 12.1 Å². The highest BCUT2D eigenvalue weighted by molar-refractivity contribution is 5.70. The van der Waals surface area contributed by atoms with Gasteiger partial charge in [0.1, 0.15) is 0 Å². The van der Waals surface area contributed by atoms with E-state index in [-0.39, 0.29) is 13.0 Å². The molecule has 0 saturated carbocycles. The van der Waals surface area contributed by atoms with Gasteiger partial charge in [-0.1, -0.05) is 12.1 Å². The number of anilines is 1. The number of aliphatic hydroxyl groups excluding tert-OH is 1. The van der Waals surface area contributed by atoms with Crippen molar-refractivity contribution < 1.29 is 15.0 Å². The van der Waals surface area contributed by atoms with Crippen molar-refractivity contribution >= 4 is 11.7 Å². The van der Waals surface area contributed by atoms with Crippen LogP contribution in [0.2, 0.25) is 0 Å². The minimum Gasteiger partial charge on any atom is -0.481 e. The van der Waals surface area contributed by atoms with E-state index in [1.165, 1.54) is 0 Å². The SMILES string of the molecule is O=C(O)Cc1ccc(NCCCO)cc1. The molecule has 0 radical (unpaired) electrons. The minimum atomic E-state index is -0.823. The van der Waals surface area contributed by atoms with Gasteiger partial charge in [0, 0.05) is 18.8 Å². The van der Waals surface area contributed by atoms with E-state index < -0.39 is 5.97 Å². The van der Waals surface area contributed by atoms with Gasteiger partial charge in [-0.05, 0) is 24.1 Å². The Balaban J connectivity index is 2.45. The highest BCUT2D eigenvalue weighted by atomic mass is 16.4. The van der Waals surface area contributed by atoms with Crippen LogP contribution in [0.4, 0.5) is 5.69 Å². The van der Waals surface area contributed by atoms with Crippen LogP contribution in [0.25, 0.3) is 0 Å². The van der Waals surface area contributed by atoms with Gasteiger partial charge in [-0.25, -0.2) is 0 Å². The number of carbonyl (C=O) groups is 1. The number of carboxylic acids is 1. The van der Waals surface area contributed by atoms with E-state index in [9.17, 15) is 4.79 Å². The zero-order chi connectivity index (χ0) is 11.1. The molecule has 0 saturated heterocycles. The summed E-state index contributed by atoms with van der Waals surface area (Å²) in [6.07, 6.45) is 0.758. The molecule has 0 aromatic heterocycles. The van der Waals surface area contributed by atoms with E-state index in [0.717, 1.165) is 17.8 Å². The lowest BCUT2D eigenvalue weighted by Crippen LogP contribution is -2.04. The van der Waals surface area contributed by atoms with Gasteiger partial charge < -0.3 is 15.5 Å². The molecule has 0 amide bonds. The van der Waals surface area contributed by atoms with Crippen molar-refractivity contribution in [3.8, 4) is 0 Å². The molecule has 0 aliphatic rings. The topological polar surface area (TPSA) is 69.6 Å². The van der Waals surface area contributed by atoms with E-state index in [2.05, 4.69) is 5.32 Å². The van der Waals surface area contributed by atoms with Crippen LogP contribution in [0.5, 0.6) is 0 Å². The molecular weight excluding hydrogens is 194 g/mol. The first-order valence-corrected chi connectivity index (χ1v) is 4.88. The number of benzene rings is 1. The molecule has 82 valence electrons. The number of hydrogen-bond donors (Lipinski definition) is 3. The lowest BCUT2D eigenvalue weighted by molar-refractivity contribution is -0.136. The molecule has 1 rings (SSSR count). The molecular formula is C11H15NO3. The fraction of sp³-hybridized carbons (Fsp3) is 0.364. The van der Waals surface area contributed by atoms with Crippen molar-refractivity contribution in [2.24, 2.45) is 0 Å². The van der Waals surface area contributed by atoms with Gasteiger partial charge in [-0.15, -0.1) is 0 Å². The smallest absolute Gasteiger partial charge is 0.307 e. The molecule has 15 heavy (non-hydrogen) atoms. The van der Waals surface area contributed by atoms with E-state index in [0.29, 0.717) is 6.42 Å². The van der Waals surface area contributed by atoms with E-state index in [4.69, 9.17) is 10.2 Å². The minimum absolute atomic E-state index is 0.0525. The molecule has 0 aliphatic heterocycles. The predicted molar refractivity (Wildman–Crippen MR) is 58.0 cm³/mol. The molecule has 0 aliphatic carbocycles. The summed E-state index contributed by atoms with van der Waals surface area (Å²) in [6.45, 7) is 0.888. The van der Waals surface area contributed by atoms with E-state index >= 15 is 0 Å². The Hall–Kier alpha value is -1.55. The Kier molecular flexibility index (Phi) is 4.63. The summed E-state index contributed by atoms with van der Waals surface area (Å²) in [5.74, 6) is -0.823. The molecule has 0 heterocycles. The summed E-state index contributed by atoms with van der Waals surface area (Å²) < 4.78 is 0. The van der Waals surface area contributed by atoms with Crippen molar-refractivity contribution in [1.82, 2.24) is 0 Å². The third-order valence-corrected chi connectivity index (χ3v) is 1.97. The maximum absolute atomic E-state index is 10.4. The first-order valence-electron chi connectivity index (χ1n) is 4.88. The zero-order valence-corrected chi connectivity index (χ0v) is 8.44. The first-order chi connectivity index (χ1) is 7.22. The second-order valence-corrected chi connectivity index (χ2v) is 3.27. The van der Waals surface area contributed by atoms with Gasteiger partial charge in [-0.2, -0.15) is 0 Å². The number of hydrogen-bond acceptors (Lipinski definition) is 3. The predicted octanol–water partition coefficient (Wildman–Crippen LogP) is 1.11. The Morgan fingerprint density at radius 3 is 2.47 bits per heavy atom. The van der Waals surface area contributed by atoms with Gasteiger partial charge in [-0.3, -0.25) is 4.79 Å². The molecule has 4 nitrogen and oxygen atoms in total. The van der Waals surface area contributed by atoms with Crippen LogP contribution in [0.3, 0.4) is 0 Å². The summed E-state index contributed by atoms with van der Waals surface area (Å²) in [4.78, 5) is 10.4. The zero-order valence-electron chi connectivity index (χ0n) is 8.44. The third-order valence-electron chi connectivity index (χ3n) is 1.97. The number of carboxylic acid groups (broad SMARTS) is 1. The lowest BCUT2D eigenvalue weighted by atomic mass is 10.1. The fourth-order valence-corrected chi connectivity index (χ4v) is 1.23. The fourth-order valence-electron chi connectivity index (χ4n) is 1.23. The number of nitrogens with one attached hydrogen (secondary N) is 1. The van der Waals surface area contributed by atoms with Crippen molar-refractivity contribution in [2.75, 3.05) is 18.5 Å². The standard InChI is InChI=1S/C11H15NO3/c13-7-1-6-12-10-4-2-9(3-5-10)8-11(14)15/h2-5,12-13H,1,6-8H2,(H,14,15). The number of aliphatic carboxylic acids is 1. The molecule has 4 heteroatoms. The second-order valence-electron chi connectivity index (χ2n) is 3.27. The number of aliphatic hydroxyl groups is 1. The quantitative estimate of drug-likeness (QED) is 0.614. The Bertz CT molecular complexity index is 308. The summed E-state index contributed by atoms with van der Waals surface area (Å²) in [5, 5.41) is 20.3. The molecule has 0 unspecified atom stereocenters. The van der Waals surface area contributed by atoms with Crippen molar-refractivity contribution in [2.45, 2.75) is 12.8 Å². The average Bonchev–Trinajstić information content (AvgIpc) is 2.20. The van der Waals surface area contributed by atoms with Gasteiger partial charge in [0.25, 0.3) is 0 Å². The molecule has 1 aromatic rings. The third kappa shape index (κ3) is 4.46. The average molecular weight is 209 g/mol. The van der Waals surface area contributed by atoms with Gasteiger partial charge in [0.2, 0.25) is 0 Å². The summed E-state index contributed by atoms with van der Waals surface area (Å²) in [6, 6.07) is 7.26. The molecule has 0 spiro atoms. The van der Waals surface area contributed by atoms with Crippen LogP contribution >= 0.6 is 0 Å². The molecule has 1 aromatic carbocycles.